The minimum atomic E-state index is 0.445. The minimum absolute atomic E-state index is 0.445. The van der Waals surface area contributed by atoms with Gasteiger partial charge in [0.05, 0.1) is 11.9 Å². The zero-order valence-electron chi connectivity index (χ0n) is 15.9. The van der Waals surface area contributed by atoms with Crippen LogP contribution in [-0.2, 0) is 13.6 Å². The lowest BCUT2D eigenvalue weighted by atomic mass is 9.86. The Labute approximate surface area is 155 Å². The minimum Gasteiger partial charge on any atom is -0.307 e. The zero-order valence-corrected chi connectivity index (χ0v) is 15.9. The fourth-order valence-electron chi connectivity index (χ4n) is 4.38. The summed E-state index contributed by atoms with van der Waals surface area (Å²) in [6.45, 7) is 3.10. The van der Waals surface area contributed by atoms with Crippen molar-refractivity contribution in [2.45, 2.75) is 25.4 Å². The summed E-state index contributed by atoms with van der Waals surface area (Å²) < 4.78 is 4.01. The van der Waals surface area contributed by atoms with Crippen LogP contribution in [0.3, 0.4) is 0 Å². The first-order valence-corrected chi connectivity index (χ1v) is 9.40. The van der Waals surface area contributed by atoms with Crippen LogP contribution in [0.5, 0.6) is 0 Å². The van der Waals surface area contributed by atoms with Crippen LogP contribution in [0.4, 0.5) is 0 Å². The van der Waals surface area contributed by atoms with Crippen LogP contribution in [0, 0.1) is 5.92 Å². The summed E-state index contributed by atoms with van der Waals surface area (Å²) in [5, 5.41) is 4.40. The molecule has 4 rings (SSSR count). The van der Waals surface area contributed by atoms with Crippen molar-refractivity contribution in [2.24, 2.45) is 13.0 Å². The van der Waals surface area contributed by atoms with E-state index in [1.54, 1.807) is 0 Å². The highest BCUT2D eigenvalue weighted by molar-refractivity contribution is 5.39. The van der Waals surface area contributed by atoms with Gasteiger partial charge in [-0.05, 0) is 51.5 Å². The number of nitrogens with zero attached hydrogens (tertiary/aromatic N) is 6. The first-order valence-electron chi connectivity index (χ1n) is 9.40. The van der Waals surface area contributed by atoms with Gasteiger partial charge in [-0.2, -0.15) is 5.10 Å². The van der Waals surface area contributed by atoms with Gasteiger partial charge in [0, 0.05) is 50.3 Å². The summed E-state index contributed by atoms with van der Waals surface area (Å²) in [4.78, 5) is 9.64. The molecular formula is C20H28N6. The Bertz CT molecular complexity index is 833. The number of hydrogen-bond donors (Lipinski definition) is 0. The molecule has 26 heavy (non-hydrogen) atoms. The number of piperidine rings is 1. The highest BCUT2D eigenvalue weighted by atomic mass is 15.3. The highest BCUT2D eigenvalue weighted by Crippen LogP contribution is 2.35. The van der Waals surface area contributed by atoms with E-state index in [4.69, 9.17) is 4.98 Å². The maximum atomic E-state index is 4.74. The molecule has 0 aliphatic carbocycles. The molecule has 0 N–H and O–H groups in total. The molecule has 1 fully saturated rings. The van der Waals surface area contributed by atoms with E-state index in [0.29, 0.717) is 12.0 Å². The zero-order chi connectivity index (χ0) is 18.1. The van der Waals surface area contributed by atoms with Gasteiger partial charge < -0.3 is 9.30 Å². The molecule has 0 spiro atoms. The maximum Gasteiger partial charge on any atom is 0.137 e. The lowest BCUT2D eigenvalue weighted by molar-refractivity contribution is 0.0923. The van der Waals surface area contributed by atoms with Crippen LogP contribution in [0.15, 0.2) is 43.0 Å². The summed E-state index contributed by atoms with van der Waals surface area (Å²) in [7, 11) is 6.45. The predicted octanol–water partition coefficient (Wildman–Crippen LogP) is 2.58. The van der Waals surface area contributed by atoms with E-state index < -0.39 is 0 Å². The topological polar surface area (TPSA) is 41.6 Å². The van der Waals surface area contributed by atoms with E-state index in [2.05, 4.69) is 58.1 Å². The van der Waals surface area contributed by atoms with Crippen LogP contribution >= 0.6 is 0 Å². The molecule has 6 nitrogen and oxygen atoms in total. The molecule has 1 aliphatic heterocycles. The Hall–Kier alpha value is -2.18. The van der Waals surface area contributed by atoms with Crippen molar-refractivity contribution in [1.29, 1.82) is 0 Å². The molecule has 2 atom stereocenters. The molecule has 3 aromatic rings. The van der Waals surface area contributed by atoms with Crippen molar-refractivity contribution in [2.75, 3.05) is 27.2 Å². The number of rotatable bonds is 5. The number of imidazole rings is 1. The van der Waals surface area contributed by atoms with Gasteiger partial charge in [-0.1, -0.05) is 6.07 Å². The molecule has 1 aliphatic rings. The second kappa shape index (κ2) is 7.21. The lowest BCUT2D eigenvalue weighted by Gasteiger charge is -2.40. The summed E-state index contributed by atoms with van der Waals surface area (Å²) >= 11 is 0. The first kappa shape index (κ1) is 17.2. The third-order valence-electron chi connectivity index (χ3n) is 5.47. The average Bonchev–Trinajstić information content (AvgIpc) is 3.20. The van der Waals surface area contributed by atoms with Gasteiger partial charge >= 0.3 is 0 Å². The number of aromatic nitrogens is 4. The van der Waals surface area contributed by atoms with Crippen LogP contribution in [0.25, 0.3) is 5.65 Å². The highest BCUT2D eigenvalue weighted by Gasteiger charge is 2.32. The van der Waals surface area contributed by atoms with E-state index in [1.165, 1.54) is 18.4 Å². The lowest BCUT2D eigenvalue weighted by Crippen LogP contribution is -2.40. The molecule has 0 bridgehead atoms. The van der Waals surface area contributed by atoms with E-state index >= 15 is 0 Å². The Kier molecular flexibility index (Phi) is 4.78. The molecule has 0 saturated carbocycles. The van der Waals surface area contributed by atoms with Crippen molar-refractivity contribution in [3.8, 4) is 0 Å². The normalized spacial score (nSPS) is 21.7. The summed E-state index contributed by atoms with van der Waals surface area (Å²) in [5.41, 5.74) is 3.48. The predicted molar refractivity (Wildman–Crippen MR) is 103 cm³/mol. The van der Waals surface area contributed by atoms with Gasteiger partial charge in [0.2, 0.25) is 0 Å². The maximum absolute atomic E-state index is 4.74. The van der Waals surface area contributed by atoms with Crippen LogP contribution in [0.1, 0.15) is 30.1 Å². The number of hydrogen-bond acceptors (Lipinski definition) is 4. The average molecular weight is 352 g/mol. The van der Waals surface area contributed by atoms with Gasteiger partial charge in [0.15, 0.2) is 0 Å². The van der Waals surface area contributed by atoms with Crippen molar-refractivity contribution in [3.05, 3.63) is 54.2 Å². The van der Waals surface area contributed by atoms with Crippen LogP contribution < -0.4 is 0 Å². The Morgan fingerprint density at radius 1 is 1.23 bits per heavy atom. The Morgan fingerprint density at radius 2 is 2.12 bits per heavy atom. The Balaban J connectivity index is 1.46. The molecule has 0 aromatic carbocycles. The fraction of sp³-hybridized carbons (Fsp3) is 0.500. The molecule has 0 amide bonds. The monoisotopic (exact) mass is 352 g/mol. The standard InChI is InChI=1S/C20H28N6/c1-23(14-18-15-26-10-5-4-8-19(26)22-18)12-16-7-6-9-24(2)20(16)17-11-21-25(3)13-17/h4-5,8,10-11,13,15-16,20H,6-7,9,12,14H2,1-3H3/t16-,20+/m0/s1. The number of aryl methyl sites for hydroxylation is 1. The molecule has 0 unspecified atom stereocenters. The molecule has 4 heterocycles. The van der Waals surface area contributed by atoms with E-state index in [9.17, 15) is 0 Å². The molecule has 0 radical (unpaired) electrons. The first-order chi connectivity index (χ1) is 12.6. The van der Waals surface area contributed by atoms with Crippen LogP contribution in [0.2, 0.25) is 0 Å². The summed E-state index contributed by atoms with van der Waals surface area (Å²) in [6.07, 6.45) is 10.9. The summed E-state index contributed by atoms with van der Waals surface area (Å²) in [5.74, 6) is 0.611. The van der Waals surface area contributed by atoms with Crippen molar-refractivity contribution in [1.82, 2.24) is 29.0 Å². The second-order valence-electron chi connectivity index (χ2n) is 7.67. The number of pyridine rings is 1. The number of likely N-dealkylation sites (tertiary alicyclic amines) is 1. The molecule has 3 aromatic heterocycles. The summed E-state index contributed by atoms with van der Waals surface area (Å²) in [6, 6.07) is 6.57. The van der Waals surface area contributed by atoms with Gasteiger partial charge in [0.1, 0.15) is 5.65 Å². The smallest absolute Gasteiger partial charge is 0.137 e. The van der Waals surface area contributed by atoms with E-state index in [0.717, 1.165) is 31.0 Å². The van der Waals surface area contributed by atoms with E-state index in [-0.39, 0.29) is 0 Å². The Morgan fingerprint density at radius 3 is 2.88 bits per heavy atom. The van der Waals surface area contributed by atoms with Gasteiger partial charge in [-0.15, -0.1) is 0 Å². The van der Waals surface area contributed by atoms with Gasteiger partial charge in [-0.25, -0.2) is 4.98 Å². The third kappa shape index (κ3) is 3.52. The largest absolute Gasteiger partial charge is 0.307 e. The third-order valence-corrected chi connectivity index (χ3v) is 5.47. The number of fused-ring (bicyclic) bond motifs is 1. The molecule has 6 heteroatoms. The van der Waals surface area contributed by atoms with Crippen molar-refractivity contribution >= 4 is 5.65 Å². The van der Waals surface area contributed by atoms with Crippen molar-refractivity contribution in [3.63, 3.8) is 0 Å². The van der Waals surface area contributed by atoms with Gasteiger partial charge in [0.25, 0.3) is 0 Å². The van der Waals surface area contributed by atoms with Crippen molar-refractivity contribution < 1.29 is 0 Å². The molecular weight excluding hydrogens is 324 g/mol. The quantitative estimate of drug-likeness (QED) is 0.708. The van der Waals surface area contributed by atoms with Crippen LogP contribution in [-0.4, -0.2) is 56.1 Å². The second-order valence-corrected chi connectivity index (χ2v) is 7.67. The van der Waals surface area contributed by atoms with Gasteiger partial charge in [-0.3, -0.25) is 9.58 Å². The van der Waals surface area contributed by atoms with E-state index in [1.807, 2.05) is 30.1 Å². The fourth-order valence-corrected chi connectivity index (χ4v) is 4.38. The molecule has 1 saturated heterocycles. The SMILES string of the molecule is CN(Cc1cn2ccccc2n1)C[C@@H]1CCCN(C)[C@H]1c1cnn(C)c1. The molecule has 138 valence electrons.